The summed E-state index contributed by atoms with van der Waals surface area (Å²) >= 11 is 6.11. The molecular formula is C27H23ClF5N3O5. The van der Waals surface area contributed by atoms with Gasteiger partial charge < -0.3 is 20.5 Å². The number of ether oxygens (including phenoxy) is 2. The van der Waals surface area contributed by atoms with Crippen LogP contribution in [-0.2, 0) is 16.0 Å². The van der Waals surface area contributed by atoms with Crippen molar-refractivity contribution < 1.29 is 41.0 Å². The first-order chi connectivity index (χ1) is 19.3. The van der Waals surface area contributed by atoms with Crippen LogP contribution in [0.5, 0.6) is 5.75 Å². The highest BCUT2D eigenvalue weighted by Gasteiger charge is 2.41. The molecule has 0 saturated heterocycles. The number of hydrogen-bond donors (Lipinski definition) is 2. The van der Waals surface area contributed by atoms with Crippen molar-refractivity contribution in [3.8, 4) is 16.9 Å². The fraction of sp³-hybridized carbons (Fsp3) is 0.296. The highest BCUT2D eigenvalue weighted by molar-refractivity contribution is 6.30. The van der Waals surface area contributed by atoms with Crippen molar-refractivity contribution in [1.82, 2.24) is 4.57 Å². The van der Waals surface area contributed by atoms with Gasteiger partial charge in [0, 0.05) is 34.3 Å². The molecule has 2 aromatic carbocycles. The van der Waals surface area contributed by atoms with Crippen LogP contribution in [0.4, 0.5) is 27.6 Å². The smallest absolute Gasteiger partial charge is 0.395 e. The van der Waals surface area contributed by atoms with Crippen LogP contribution in [0.2, 0.25) is 5.02 Å². The van der Waals surface area contributed by atoms with Crippen LogP contribution >= 0.6 is 11.6 Å². The minimum absolute atomic E-state index is 0.138. The standard InChI is InChI=1S/C27H23ClF5N3O5/c28-17-4-1-15-9-16(27(31,32)33)13-41-22-12-36(23(37)11-20(22)19(15)10-17)21(7-8-40-26(29)30)25(39)35-18-5-2-14(3-6-18)24(34)38/h1-6,10-12,16,21,26H,7-9,13H2,(H2,34,38)(H,35,39). The Hall–Kier alpha value is -3.97. The third-order valence-electron chi connectivity index (χ3n) is 6.49. The zero-order chi connectivity index (χ0) is 29.9. The summed E-state index contributed by atoms with van der Waals surface area (Å²) in [5.41, 5.74) is 5.52. The van der Waals surface area contributed by atoms with Gasteiger partial charge in [-0.05, 0) is 53.9 Å². The molecule has 0 aliphatic carbocycles. The number of fused-ring (bicyclic) bond motifs is 3. The molecule has 2 amide bonds. The van der Waals surface area contributed by atoms with Gasteiger partial charge in [-0.15, -0.1) is 0 Å². The molecule has 1 aliphatic rings. The van der Waals surface area contributed by atoms with Gasteiger partial charge >= 0.3 is 12.8 Å². The summed E-state index contributed by atoms with van der Waals surface area (Å²) < 4.78 is 77.3. The maximum atomic E-state index is 13.7. The van der Waals surface area contributed by atoms with Gasteiger partial charge in [0.05, 0.1) is 18.7 Å². The number of amides is 2. The van der Waals surface area contributed by atoms with E-state index >= 15 is 0 Å². The lowest BCUT2D eigenvalue weighted by Crippen LogP contribution is -2.35. The zero-order valence-electron chi connectivity index (χ0n) is 21.1. The molecule has 0 spiro atoms. The topological polar surface area (TPSA) is 113 Å². The van der Waals surface area contributed by atoms with E-state index in [1.165, 1.54) is 42.5 Å². The molecule has 3 N–H and O–H groups in total. The first-order valence-electron chi connectivity index (χ1n) is 12.2. The lowest BCUT2D eigenvalue weighted by Gasteiger charge is -2.27. The number of nitrogens with zero attached hydrogens (tertiary/aromatic N) is 1. The molecule has 1 aromatic heterocycles. The van der Waals surface area contributed by atoms with E-state index in [0.29, 0.717) is 0 Å². The highest BCUT2D eigenvalue weighted by atomic mass is 35.5. The molecule has 8 nitrogen and oxygen atoms in total. The van der Waals surface area contributed by atoms with Crippen molar-refractivity contribution in [3.63, 3.8) is 0 Å². The number of nitrogens with two attached hydrogens (primary N) is 1. The van der Waals surface area contributed by atoms with Crippen molar-refractivity contribution in [1.29, 1.82) is 0 Å². The Labute approximate surface area is 234 Å². The Morgan fingerprint density at radius 2 is 1.83 bits per heavy atom. The molecule has 1 aliphatic heterocycles. The Morgan fingerprint density at radius 3 is 2.46 bits per heavy atom. The third-order valence-corrected chi connectivity index (χ3v) is 6.72. The van der Waals surface area contributed by atoms with Crippen molar-refractivity contribution in [3.05, 3.63) is 81.2 Å². The average Bonchev–Trinajstić information content (AvgIpc) is 2.88. The minimum Gasteiger partial charge on any atom is -0.491 e. The van der Waals surface area contributed by atoms with E-state index in [1.807, 2.05) is 0 Å². The van der Waals surface area contributed by atoms with E-state index < -0.39 is 68.2 Å². The summed E-state index contributed by atoms with van der Waals surface area (Å²) in [6.07, 6.45) is -4.34. The first kappa shape index (κ1) is 30.0. The molecule has 2 atom stereocenters. The molecule has 0 fully saturated rings. The van der Waals surface area contributed by atoms with E-state index in [9.17, 15) is 36.3 Å². The number of carbonyl (C=O) groups excluding carboxylic acids is 2. The van der Waals surface area contributed by atoms with Crippen molar-refractivity contribution in [2.24, 2.45) is 11.7 Å². The number of hydrogen-bond acceptors (Lipinski definition) is 5. The largest absolute Gasteiger partial charge is 0.491 e. The number of benzene rings is 2. The number of aromatic nitrogens is 1. The maximum Gasteiger partial charge on any atom is 0.395 e. The minimum atomic E-state index is -4.60. The van der Waals surface area contributed by atoms with Gasteiger partial charge in [0.1, 0.15) is 18.4 Å². The molecule has 3 aromatic rings. The Bertz CT molecular complexity index is 1490. The van der Waals surface area contributed by atoms with Gasteiger partial charge in [-0.25, -0.2) is 0 Å². The van der Waals surface area contributed by atoms with Gasteiger partial charge in [0.15, 0.2) is 0 Å². The van der Waals surface area contributed by atoms with Crippen molar-refractivity contribution in [2.75, 3.05) is 18.5 Å². The number of anilines is 1. The lowest BCUT2D eigenvalue weighted by molar-refractivity contribution is -0.181. The summed E-state index contributed by atoms with van der Waals surface area (Å²) in [4.78, 5) is 37.9. The lowest BCUT2D eigenvalue weighted by atomic mass is 9.91. The molecule has 2 heterocycles. The predicted molar refractivity (Wildman–Crippen MR) is 139 cm³/mol. The quantitative estimate of drug-likeness (QED) is 0.346. The second kappa shape index (κ2) is 12.3. The molecular weight excluding hydrogens is 577 g/mol. The van der Waals surface area contributed by atoms with Crippen LogP contribution < -0.4 is 21.3 Å². The normalized spacial score (nSPS) is 15.6. The summed E-state index contributed by atoms with van der Waals surface area (Å²) in [6, 6.07) is 9.38. The predicted octanol–water partition coefficient (Wildman–Crippen LogP) is 5.19. The Morgan fingerprint density at radius 1 is 1.12 bits per heavy atom. The fourth-order valence-electron chi connectivity index (χ4n) is 4.41. The Balaban J connectivity index is 1.75. The summed E-state index contributed by atoms with van der Waals surface area (Å²) in [7, 11) is 0. The first-order valence-corrected chi connectivity index (χ1v) is 12.6. The van der Waals surface area contributed by atoms with Gasteiger partial charge in [0.2, 0.25) is 11.8 Å². The van der Waals surface area contributed by atoms with Gasteiger partial charge in [-0.1, -0.05) is 17.7 Å². The van der Waals surface area contributed by atoms with Gasteiger partial charge in [-0.2, -0.15) is 22.0 Å². The monoisotopic (exact) mass is 599 g/mol. The maximum absolute atomic E-state index is 13.7. The molecule has 0 saturated carbocycles. The van der Waals surface area contributed by atoms with E-state index in [4.69, 9.17) is 22.1 Å². The number of carbonyl (C=O) groups is 2. The number of halogens is 6. The third kappa shape index (κ3) is 7.22. The number of pyridine rings is 1. The van der Waals surface area contributed by atoms with Crippen LogP contribution in [0, 0.1) is 5.92 Å². The second-order valence-electron chi connectivity index (χ2n) is 9.22. The molecule has 0 bridgehead atoms. The van der Waals surface area contributed by atoms with Gasteiger partial charge in [0.25, 0.3) is 5.56 Å². The van der Waals surface area contributed by atoms with Crippen LogP contribution in [0.15, 0.2) is 59.5 Å². The number of nitrogens with one attached hydrogen (secondary N) is 1. The number of alkyl halides is 5. The van der Waals surface area contributed by atoms with Crippen LogP contribution in [0.3, 0.4) is 0 Å². The van der Waals surface area contributed by atoms with E-state index in [1.54, 1.807) is 0 Å². The summed E-state index contributed by atoms with van der Waals surface area (Å²) in [5.74, 6) is -3.54. The van der Waals surface area contributed by atoms with Crippen molar-refractivity contribution in [2.45, 2.75) is 31.7 Å². The summed E-state index contributed by atoms with van der Waals surface area (Å²) in [5, 5.41) is 2.74. The fourth-order valence-corrected chi connectivity index (χ4v) is 4.58. The van der Waals surface area contributed by atoms with E-state index in [0.717, 1.165) is 16.8 Å². The number of rotatable bonds is 8. The molecule has 0 radical (unpaired) electrons. The van der Waals surface area contributed by atoms with Gasteiger partial charge in [-0.3, -0.25) is 19.0 Å². The Kier molecular flexibility index (Phi) is 8.98. The molecule has 41 heavy (non-hydrogen) atoms. The number of primary amides is 1. The van der Waals surface area contributed by atoms with E-state index in [-0.39, 0.29) is 38.7 Å². The SMILES string of the molecule is NC(=O)c1ccc(NC(=O)C(CCOC(F)F)n2cc3c(cc2=O)-c2cc(Cl)ccc2CC(C(F)(F)F)CO3)cc1. The molecule has 2 unspecified atom stereocenters. The molecule has 218 valence electrons. The average molecular weight is 600 g/mol. The van der Waals surface area contributed by atoms with Crippen LogP contribution in [0.1, 0.15) is 28.4 Å². The zero-order valence-corrected chi connectivity index (χ0v) is 21.8. The summed E-state index contributed by atoms with van der Waals surface area (Å²) in [6.45, 7) is -4.54. The molecule has 14 heteroatoms. The van der Waals surface area contributed by atoms with Crippen LogP contribution in [-0.4, -0.2) is 42.4 Å². The highest BCUT2D eigenvalue weighted by Crippen LogP contribution is 2.40. The van der Waals surface area contributed by atoms with Crippen LogP contribution in [0.25, 0.3) is 11.1 Å². The molecule has 4 rings (SSSR count). The second-order valence-corrected chi connectivity index (χ2v) is 9.66. The van der Waals surface area contributed by atoms with Crippen molar-refractivity contribution >= 4 is 29.1 Å². The van der Waals surface area contributed by atoms with E-state index in [2.05, 4.69) is 10.1 Å².